The molecule has 1 aliphatic carbocycles. The first-order valence-electron chi connectivity index (χ1n) is 6.93. The van der Waals surface area contributed by atoms with Crippen LogP contribution in [0.25, 0.3) is 0 Å². The van der Waals surface area contributed by atoms with Gasteiger partial charge in [0.2, 0.25) is 11.8 Å². The molecule has 1 saturated heterocycles. The molecular weight excluding hydrogens is 230 g/mol. The molecule has 2 rings (SSSR count). The number of piperazine rings is 1. The van der Waals surface area contributed by atoms with Crippen LogP contribution in [0.5, 0.6) is 0 Å². The van der Waals surface area contributed by atoms with Gasteiger partial charge in [-0.1, -0.05) is 19.3 Å². The van der Waals surface area contributed by atoms with Crippen LogP contribution in [-0.4, -0.2) is 41.9 Å². The van der Waals surface area contributed by atoms with E-state index in [1.807, 2.05) is 6.92 Å². The Bertz CT molecular complexity index is 332. The van der Waals surface area contributed by atoms with Gasteiger partial charge in [0, 0.05) is 6.04 Å². The molecule has 3 unspecified atom stereocenters. The zero-order valence-corrected chi connectivity index (χ0v) is 11.0. The van der Waals surface area contributed by atoms with E-state index in [1.165, 1.54) is 19.3 Å². The molecule has 0 aromatic heterocycles. The number of carbonyl (C=O) groups excluding carboxylic acids is 2. The molecular formula is C13H23N3O2. The van der Waals surface area contributed by atoms with Crippen LogP contribution in [-0.2, 0) is 9.59 Å². The maximum Gasteiger partial charge on any atom is 0.243 e. The van der Waals surface area contributed by atoms with Crippen LogP contribution < -0.4 is 11.1 Å². The highest BCUT2D eigenvalue weighted by atomic mass is 16.2. The lowest BCUT2D eigenvalue weighted by molar-refractivity contribution is -0.141. The highest BCUT2D eigenvalue weighted by Crippen LogP contribution is 2.28. The molecule has 18 heavy (non-hydrogen) atoms. The van der Waals surface area contributed by atoms with Gasteiger partial charge in [0.15, 0.2) is 0 Å². The molecule has 5 heteroatoms. The van der Waals surface area contributed by atoms with Crippen molar-refractivity contribution < 1.29 is 9.59 Å². The lowest BCUT2D eigenvalue weighted by Gasteiger charge is -2.41. The molecule has 1 saturated carbocycles. The van der Waals surface area contributed by atoms with Crippen molar-refractivity contribution in [2.75, 3.05) is 13.1 Å². The van der Waals surface area contributed by atoms with Crippen molar-refractivity contribution >= 4 is 11.8 Å². The number of nitrogens with zero attached hydrogens (tertiary/aromatic N) is 1. The SMILES string of the molecule is CC1C(=O)NC(=O)CN1C1CCCCCC1CN. The molecule has 3 N–H and O–H groups in total. The Hall–Kier alpha value is -0.940. The highest BCUT2D eigenvalue weighted by molar-refractivity contribution is 6.00. The van der Waals surface area contributed by atoms with Crippen LogP contribution in [0.2, 0.25) is 0 Å². The van der Waals surface area contributed by atoms with Gasteiger partial charge in [-0.15, -0.1) is 0 Å². The number of imide groups is 1. The smallest absolute Gasteiger partial charge is 0.243 e. The van der Waals surface area contributed by atoms with Gasteiger partial charge in [-0.3, -0.25) is 19.8 Å². The second kappa shape index (κ2) is 5.80. The Balaban J connectivity index is 2.15. The Morgan fingerprint density at radius 1 is 1.28 bits per heavy atom. The minimum Gasteiger partial charge on any atom is -0.330 e. The Kier molecular flexibility index (Phi) is 4.35. The van der Waals surface area contributed by atoms with Crippen molar-refractivity contribution in [2.45, 2.75) is 51.1 Å². The van der Waals surface area contributed by atoms with Crippen LogP contribution in [0, 0.1) is 5.92 Å². The van der Waals surface area contributed by atoms with Gasteiger partial charge in [0.25, 0.3) is 0 Å². The fourth-order valence-electron chi connectivity index (χ4n) is 3.22. The standard InChI is InChI=1S/C13H23N3O2/c1-9-13(18)15-12(17)8-16(9)11-6-4-2-3-5-10(11)7-14/h9-11H,2-8,14H2,1H3,(H,15,17,18). The second-order valence-corrected chi connectivity index (χ2v) is 5.46. The third-order valence-corrected chi connectivity index (χ3v) is 4.31. The fourth-order valence-corrected chi connectivity index (χ4v) is 3.22. The maximum atomic E-state index is 11.7. The first-order valence-corrected chi connectivity index (χ1v) is 6.93. The molecule has 0 aromatic carbocycles. The second-order valence-electron chi connectivity index (χ2n) is 5.46. The van der Waals surface area contributed by atoms with Gasteiger partial charge in [-0.25, -0.2) is 0 Å². The number of rotatable bonds is 2. The number of hydrogen-bond donors (Lipinski definition) is 2. The third-order valence-electron chi connectivity index (χ3n) is 4.31. The third kappa shape index (κ3) is 2.72. The van der Waals surface area contributed by atoms with Crippen LogP contribution in [0.15, 0.2) is 0 Å². The quantitative estimate of drug-likeness (QED) is 0.546. The summed E-state index contributed by atoms with van der Waals surface area (Å²) in [6.45, 7) is 2.85. The molecule has 2 fully saturated rings. The van der Waals surface area contributed by atoms with Crippen molar-refractivity contribution in [1.82, 2.24) is 10.2 Å². The van der Waals surface area contributed by atoms with E-state index < -0.39 is 0 Å². The molecule has 102 valence electrons. The van der Waals surface area contributed by atoms with Gasteiger partial charge in [-0.05, 0) is 32.2 Å². The number of nitrogens with two attached hydrogens (primary N) is 1. The Labute approximate surface area is 108 Å². The molecule has 1 aliphatic heterocycles. The predicted molar refractivity (Wildman–Crippen MR) is 68.7 cm³/mol. The molecule has 1 heterocycles. The molecule has 0 radical (unpaired) electrons. The molecule has 0 aromatic rings. The zero-order chi connectivity index (χ0) is 13.1. The molecule has 5 nitrogen and oxygen atoms in total. The van der Waals surface area contributed by atoms with E-state index >= 15 is 0 Å². The predicted octanol–water partition coefficient (Wildman–Crippen LogP) is 0.241. The molecule has 0 spiro atoms. The molecule has 0 bridgehead atoms. The van der Waals surface area contributed by atoms with E-state index in [4.69, 9.17) is 5.73 Å². The number of carbonyl (C=O) groups is 2. The van der Waals surface area contributed by atoms with Gasteiger partial charge in [-0.2, -0.15) is 0 Å². The fraction of sp³-hybridized carbons (Fsp3) is 0.846. The van der Waals surface area contributed by atoms with Crippen molar-refractivity contribution in [3.63, 3.8) is 0 Å². The van der Waals surface area contributed by atoms with E-state index in [0.717, 1.165) is 12.8 Å². The first-order chi connectivity index (χ1) is 8.63. The summed E-state index contributed by atoms with van der Waals surface area (Å²) in [5, 5.41) is 2.40. The van der Waals surface area contributed by atoms with Crippen molar-refractivity contribution in [3.05, 3.63) is 0 Å². The van der Waals surface area contributed by atoms with E-state index in [1.54, 1.807) is 0 Å². The Morgan fingerprint density at radius 3 is 2.72 bits per heavy atom. The summed E-state index contributed by atoms with van der Waals surface area (Å²) >= 11 is 0. The van der Waals surface area contributed by atoms with Crippen LogP contribution in [0.4, 0.5) is 0 Å². The van der Waals surface area contributed by atoms with Gasteiger partial charge in [0.1, 0.15) is 0 Å². The number of amides is 2. The zero-order valence-electron chi connectivity index (χ0n) is 11.0. The van der Waals surface area contributed by atoms with Gasteiger partial charge in [0.05, 0.1) is 12.6 Å². The summed E-state index contributed by atoms with van der Waals surface area (Å²) in [6, 6.07) is 0.0577. The summed E-state index contributed by atoms with van der Waals surface area (Å²) in [6.07, 6.45) is 5.77. The summed E-state index contributed by atoms with van der Waals surface area (Å²) in [5.74, 6) is 0.0537. The average Bonchev–Trinajstić information content (AvgIpc) is 2.58. The van der Waals surface area contributed by atoms with Crippen molar-refractivity contribution in [1.29, 1.82) is 0 Å². The van der Waals surface area contributed by atoms with Crippen LogP contribution >= 0.6 is 0 Å². The van der Waals surface area contributed by atoms with Gasteiger partial charge >= 0.3 is 0 Å². The minimum absolute atomic E-state index is 0.175. The summed E-state index contributed by atoms with van der Waals surface area (Å²) in [4.78, 5) is 25.3. The number of hydrogen-bond acceptors (Lipinski definition) is 4. The lowest BCUT2D eigenvalue weighted by atomic mass is 9.91. The largest absolute Gasteiger partial charge is 0.330 e. The van der Waals surface area contributed by atoms with E-state index in [9.17, 15) is 9.59 Å². The molecule has 3 atom stereocenters. The highest BCUT2D eigenvalue weighted by Gasteiger charge is 2.38. The van der Waals surface area contributed by atoms with E-state index in [0.29, 0.717) is 19.0 Å². The monoisotopic (exact) mass is 253 g/mol. The van der Waals surface area contributed by atoms with Gasteiger partial charge < -0.3 is 5.73 Å². The van der Waals surface area contributed by atoms with E-state index in [2.05, 4.69) is 10.2 Å². The summed E-state index contributed by atoms with van der Waals surface area (Å²) in [5.41, 5.74) is 5.87. The van der Waals surface area contributed by atoms with Crippen LogP contribution in [0.3, 0.4) is 0 Å². The molecule has 2 aliphatic rings. The first kappa shape index (κ1) is 13.5. The van der Waals surface area contributed by atoms with E-state index in [-0.39, 0.29) is 23.9 Å². The summed E-state index contributed by atoms with van der Waals surface area (Å²) in [7, 11) is 0. The Morgan fingerprint density at radius 2 is 2.00 bits per heavy atom. The number of nitrogens with one attached hydrogen (secondary N) is 1. The topological polar surface area (TPSA) is 75.4 Å². The summed E-state index contributed by atoms with van der Waals surface area (Å²) < 4.78 is 0. The maximum absolute atomic E-state index is 11.7. The lowest BCUT2D eigenvalue weighted by Crippen LogP contribution is -2.61. The minimum atomic E-state index is -0.222. The normalized spacial score (nSPS) is 35.1. The van der Waals surface area contributed by atoms with Crippen LogP contribution in [0.1, 0.15) is 39.0 Å². The average molecular weight is 253 g/mol. The van der Waals surface area contributed by atoms with Crippen molar-refractivity contribution in [2.24, 2.45) is 11.7 Å². The van der Waals surface area contributed by atoms with Crippen molar-refractivity contribution in [3.8, 4) is 0 Å². The molecule has 2 amide bonds.